The summed E-state index contributed by atoms with van der Waals surface area (Å²) in [6.45, 7) is 0.372. The molecule has 2 heterocycles. The van der Waals surface area contributed by atoms with Crippen molar-refractivity contribution in [1.29, 1.82) is 0 Å². The molecule has 2 aromatic heterocycles. The van der Waals surface area contributed by atoms with E-state index in [4.69, 9.17) is 10.8 Å². The van der Waals surface area contributed by atoms with Gasteiger partial charge >= 0.3 is 5.97 Å². The van der Waals surface area contributed by atoms with Gasteiger partial charge in [-0.1, -0.05) is 0 Å². The fourth-order valence-electron chi connectivity index (χ4n) is 1.34. The highest BCUT2D eigenvalue weighted by molar-refractivity contribution is 5.85. The van der Waals surface area contributed by atoms with Crippen LogP contribution in [0, 0.1) is 0 Å². The van der Waals surface area contributed by atoms with E-state index in [1.807, 2.05) is 12.1 Å². The zero-order chi connectivity index (χ0) is 10.1. The zero-order valence-corrected chi connectivity index (χ0v) is 7.34. The van der Waals surface area contributed by atoms with Crippen molar-refractivity contribution in [3.8, 4) is 0 Å². The van der Waals surface area contributed by atoms with Crippen molar-refractivity contribution >= 4 is 11.5 Å². The van der Waals surface area contributed by atoms with Gasteiger partial charge in [-0.25, -0.2) is 9.78 Å². The molecule has 0 atom stereocenters. The quantitative estimate of drug-likeness (QED) is 0.723. The Bertz CT molecular complexity index is 490. The molecule has 2 rings (SSSR count). The van der Waals surface area contributed by atoms with E-state index in [-0.39, 0.29) is 5.69 Å². The Kier molecular flexibility index (Phi) is 1.94. The van der Waals surface area contributed by atoms with E-state index in [9.17, 15) is 4.79 Å². The van der Waals surface area contributed by atoms with Crippen LogP contribution in [0.25, 0.3) is 5.52 Å². The molecule has 72 valence electrons. The molecule has 0 spiro atoms. The lowest BCUT2D eigenvalue weighted by atomic mass is 10.4. The van der Waals surface area contributed by atoms with Crippen LogP contribution in [-0.2, 0) is 6.54 Å². The van der Waals surface area contributed by atoms with Crippen molar-refractivity contribution in [3.05, 3.63) is 35.9 Å². The number of nitrogens with zero attached hydrogens (tertiary/aromatic N) is 2. The average molecular weight is 191 g/mol. The lowest BCUT2D eigenvalue weighted by Crippen LogP contribution is -2.05. The molecule has 2 aromatic rings. The monoisotopic (exact) mass is 191 g/mol. The Morgan fingerprint density at radius 1 is 1.57 bits per heavy atom. The van der Waals surface area contributed by atoms with Gasteiger partial charge < -0.3 is 15.2 Å². The molecule has 0 aliphatic heterocycles. The first-order valence-electron chi connectivity index (χ1n) is 4.11. The second-order valence-corrected chi connectivity index (χ2v) is 2.90. The van der Waals surface area contributed by atoms with E-state index in [0.29, 0.717) is 6.54 Å². The number of aromatic nitrogens is 2. The van der Waals surface area contributed by atoms with Crippen LogP contribution >= 0.6 is 0 Å². The summed E-state index contributed by atoms with van der Waals surface area (Å²) in [5.74, 6) is -1.04. The molecule has 3 N–H and O–H groups in total. The molecule has 0 unspecified atom stereocenters. The molecular formula is C9H9N3O2. The Balaban J connectivity index is 2.67. The van der Waals surface area contributed by atoms with Crippen LogP contribution in [0.5, 0.6) is 0 Å². The van der Waals surface area contributed by atoms with Crippen molar-refractivity contribution in [2.45, 2.75) is 6.54 Å². The van der Waals surface area contributed by atoms with Gasteiger partial charge in [-0.2, -0.15) is 0 Å². The number of hydrogen-bond donors (Lipinski definition) is 2. The van der Waals surface area contributed by atoms with E-state index in [1.54, 1.807) is 4.40 Å². The highest BCUT2D eigenvalue weighted by Gasteiger charge is 2.06. The van der Waals surface area contributed by atoms with Crippen LogP contribution in [0.1, 0.15) is 16.2 Å². The highest BCUT2D eigenvalue weighted by Crippen LogP contribution is 2.09. The van der Waals surface area contributed by atoms with Crippen molar-refractivity contribution < 1.29 is 9.90 Å². The third-order valence-electron chi connectivity index (χ3n) is 2.05. The van der Waals surface area contributed by atoms with E-state index in [1.165, 1.54) is 12.4 Å². The number of rotatable bonds is 2. The molecule has 0 amide bonds. The molecule has 0 saturated carbocycles. The summed E-state index contributed by atoms with van der Waals surface area (Å²) in [6.07, 6.45) is 2.99. The van der Waals surface area contributed by atoms with Crippen LogP contribution in [0.3, 0.4) is 0 Å². The Labute approximate surface area is 79.8 Å². The molecule has 0 fully saturated rings. The molecular weight excluding hydrogens is 182 g/mol. The largest absolute Gasteiger partial charge is 0.476 e. The molecule has 0 aliphatic rings. The first-order chi connectivity index (χ1) is 6.72. The average Bonchev–Trinajstić information content (AvgIpc) is 2.59. The summed E-state index contributed by atoms with van der Waals surface area (Å²) in [5, 5.41) is 8.74. The summed E-state index contributed by atoms with van der Waals surface area (Å²) in [7, 11) is 0. The summed E-state index contributed by atoms with van der Waals surface area (Å²) >= 11 is 0. The van der Waals surface area contributed by atoms with Crippen LogP contribution in [-0.4, -0.2) is 20.5 Å². The van der Waals surface area contributed by atoms with Crippen molar-refractivity contribution in [2.75, 3.05) is 0 Å². The number of fused-ring (bicyclic) bond motifs is 1. The Morgan fingerprint density at radius 2 is 2.36 bits per heavy atom. The molecule has 0 saturated heterocycles. The SMILES string of the molecule is NCc1ccc2cnc(C(=O)O)cn12. The number of aromatic carboxylic acids is 1. The zero-order valence-electron chi connectivity index (χ0n) is 7.34. The van der Waals surface area contributed by atoms with Gasteiger partial charge in [0.2, 0.25) is 0 Å². The maximum Gasteiger partial charge on any atom is 0.356 e. The summed E-state index contributed by atoms with van der Waals surface area (Å²) in [6, 6.07) is 3.70. The third-order valence-corrected chi connectivity index (χ3v) is 2.05. The Hall–Kier alpha value is -1.88. The van der Waals surface area contributed by atoms with Gasteiger partial charge in [0, 0.05) is 18.4 Å². The lowest BCUT2D eigenvalue weighted by Gasteiger charge is -2.00. The van der Waals surface area contributed by atoms with Crippen LogP contribution in [0.4, 0.5) is 0 Å². The normalized spacial score (nSPS) is 10.6. The van der Waals surface area contributed by atoms with Crippen LogP contribution in [0.2, 0.25) is 0 Å². The van der Waals surface area contributed by atoms with E-state index >= 15 is 0 Å². The fraction of sp³-hybridized carbons (Fsp3) is 0.111. The number of nitrogens with two attached hydrogens (primary N) is 1. The van der Waals surface area contributed by atoms with Gasteiger partial charge in [0.15, 0.2) is 5.69 Å². The first kappa shape index (κ1) is 8.71. The molecule has 5 nitrogen and oxygen atoms in total. The van der Waals surface area contributed by atoms with Gasteiger partial charge in [-0.15, -0.1) is 0 Å². The minimum Gasteiger partial charge on any atom is -0.476 e. The first-order valence-corrected chi connectivity index (χ1v) is 4.11. The number of carbonyl (C=O) groups is 1. The highest BCUT2D eigenvalue weighted by atomic mass is 16.4. The number of hydrogen-bond acceptors (Lipinski definition) is 3. The topological polar surface area (TPSA) is 80.6 Å². The maximum absolute atomic E-state index is 10.7. The minimum atomic E-state index is -1.04. The molecule has 0 bridgehead atoms. The molecule has 0 aromatic carbocycles. The predicted octanol–water partition coefficient (Wildman–Crippen LogP) is 0.491. The standard InChI is InChI=1S/C9H9N3O2/c10-3-6-1-2-7-4-11-8(9(13)14)5-12(6)7/h1-2,4-5H,3,10H2,(H,13,14). The smallest absolute Gasteiger partial charge is 0.356 e. The fourth-order valence-corrected chi connectivity index (χ4v) is 1.34. The summed E-state index contributed by atoms with van der Waals surface area (Å²) < 4.78 is 1.73. The van der Waals surface area contributed by atoms with Crippen molar-refractivity contribution in [2.24, 2.45) is 5.73 Å². The Morgan fingerprint density at radius 3 is 3.00 bits per heavy atom. The second kappa shape index (κ2) is 3.12. The summed E-state index contributed by atoms with van der Waals surface area (Å²) in [5.41, 5.74) is 7.22. The maximum atomic E-state index is 10.7. The van der Waals surface area contributed by atoms with E-state index in [2.05, 4.69) is 4.98 Å². The van der Waals surface area contributed by atoms with Crippen molar-refractivity contribution in [3.63, 3.8) is 0 Å². The number of carboxylic acid groups (broad SMARTS) is 1. The van der Waals surface area contributed by atoms with Gasteiger partial charge in [0.05, 0.1) is 11.7 Å². The van der Waals surface area contributed by atoms with Gasteiger partial charge in [0.1, 0.15) is 0 Å². The predicted molar refractivity (Wildman–Crippen MR) is 50.0 cm³/mol. The van der Waals surface area contributed by atoms with Crippen LogP contribution < -0.4 is 5.73 Å². The van der Waals surface area contributed by atoms with Crippen molar-refractivity contribution in [1.82, 2.24) is 9.38 Å². The molecule has 14 heavy (non-hydrogen) atoms. The third kappa shape index (κ3) is 1.23. The van der Waals surface area contributed by atoms with E-state index in [0.717, 1.165) is 11.2 Å². The molecule has 0 radical (unpaired) electrons. The van der Waals surface area contributed by atoms with Gasteiger partial charge in [0.25, 0.3) is 0 Å². The van der Waals surface area contributed by atoms with Gasteiger partial charge in [-0.3, -0.25) is 0 Å². The second-order valence-electron chi connectivity index (χ2n) is 2.90. The summed E-state index contributed by atoms with van der Waals surface area (Å²) in [4.78, 5) is 14.5. The molecule has 5 heteroatoms. The minimum absolute atomic E-state index is 0.0170. The number of carboxylic acids is 1. The molecule has 0 aliphatic carbocycles. The lowest BCUT2D eigenvalue weighted by molar-refractivity contribution is 0.0690. The van der Waals surface area contributed by atoms with Crippen LogP contribution in [0.15, 0.2) is 24.5 Å². The van der Waals surface area contributed by atoms with Gasteiger partial charge in [-0.05, 0) is 12.1 Å². The van der Waals surface area contributed by atoms with E-state index < -0.39 is 5.97 Å².